The van der Waals surface area contributed by atoms with Crippen LogP contribution in [0.1, 0.15) is 25.0 Å². The molecule has 0 amide bonds. The molecule has 5 heteroatoms. The first-order chi connectivity index (χ1) is 8.25. The number of hydrogen-bond donors (Lipinski definition) is 3. The van der Waals surface area contributed by atoms with Crippen molar-refractivity contribution >= 4 is 34.6 Å². The zero-order valence-electron chi connectivity index (χ0n) is 11.1. The maximum absolute atomic E-state index is 9.18. The van der Waals surface area contributed by atoms with Gasteiger partial charge in [-0.15, -0.1) is 0 Å². The lowest BCUT2D eigenvalue weighted by molar-refractivity contribution is 0.207. The molecule has 0 unspecified atom stereocenters. The van der Waals surface area contributed by atoms with Crippen molar-refractivity contribution in [2.75, 3.05) is 11.9 Å². The summed E-state index contributed by atoms with van der Waals surface area (Å²) < 4.78 is 0. The van der Waals surface area contributed by atoms with E-state index in [1.54, 1.807) is 0 Å². The zero-order valence-corrected chi connectivity index (χ0v) is 12.7. The summed E-state index contributed by atoms with van der Waals surface area (Å²) in [5.74, 6) is 0. The Kier molecular flexibility index (Phi) is 4.96. The van der Waals surface area contributed by atoms with Crippen molar-refractivity contribution in [1.82, 2.24) is 5.32 Å². The number of nitrogens with one attached hydrogen (secondary N) is 2. The first-order valence-electron chi connectivity index (χ1n) is 5.72. The predicted molar refractivity (Wildman–Crippen MR) is 81.4 cm³/mol. The van der Waals surface area contributed by atoms with Crippen LogP contribution in [0.3, 0.4) is 0 Å². The molecule has 0 atom stereocenters. The van der Waals surface area contributed by atoms with Crippen LogP contribution in [-0.4, -0.2) is 22.4 Å². The Hall–Kier alpha value is -0.840. The second kappa shape index (κ2) is 5.87. The largest absolute Gasteiger partial charge is 0.394 e. The summed E-state index contributed by atoms with van der Waals surface area (Å²) in [5.41, 5.74) is 2.48. The van der Waals surface area contributed by atoms with Crippen LogP contribution in [0.15, 0.2) is 12.1 Å². The van der Waals surface area contributed by atoms with E-state index in [-0.39, 0.29) is 6.61 Å². The number of halogens is 1. The Bertz CT molecular complexity index is 437. The van der Waals surface area contributed by atoms with Gasteiger partial charge in [0, 0.05) is 0 Å². The molecule has 3 nitrogen and oxygen atoms in total. The van der Waals surface area contributed by atoms with Crippen LogP contribution in [0.2, 0.25) is 5.02 Å². The van der Waals surface area contributed by atoms with Crippen molar-refractivity contribution in [1.29, 1.82) is 0 Å². The van der Waals surface area contributed by atoms with Crippen LogP contribution >= 0.6 is 23.8 Å². The van der Waals surface area contributed by atoms with E-state index in [1.807, 2.05) is 39.8 Å². The van der Waals surface area contributed by atoms with Gasteiger partial charge in [0.2, 0.25) is 0 Å². The van der Waals surface area contributed by atoms with Gasteiger partial charge in [0.25, 0.3) is 0 Å². The normalized spacial score (nSPS) is 11.2. The fraction of sp³-hybridized carbons (Fsp3) is 0.462. The van der Waals surface area contributed by atoms with Crippen LogP contribution in [0, 0.1) is 13.8 Å². The molecule has 100 valence electrons. The lowest BCUT2D eigenvalue weighted by atomic mass is 10.1. The van der Waals surface area contributed by atoms with Crippen molar-refractivity contribution in [2.24, 2.45) is 0 Å². The second-order valence-corrected chi connectivity index (χ2v) is 5.88. The third kappa shape index (κ3) is 4.12. The van der Waals surface area contributed by atoms with E-state index in [2.05, 4.69) is 10.6 Å². The Morgan fingerprint density at radius 2 is 2.00 bits per heavy atom. The zero-order chi connectivity index (χ0) is 13.9. The second-order valence-electron chi connectivity index (χ2n) is 5.06. The maximum atomic E-state index is 9.18. The Morgan fingerprint density at radius 1 is 1.39 bits per heavy atom. The first-order valence-corrected chi connectivity index (χ1v) is 6.50. The lowest BCUT2D eigenvalue weighted by Crippen LogP contribution is -2.48. The van der Waals surface area contributed by atoms with E-state index < -0.39 is 5.54 Å². The molecule has 0 fully saturated rings. The molecule has 0 saturated heterocycles. The van der Waals surface area contributed by atoms with Gasteiger partial charge in [-0.3, -0.25) is 0 Å². The Morgan fingerprint density at radius 3 is 2.50 bits per heavy atom. The molecule has 3 N–H and O–H groups in total. The molecule has 0 aliphatic heterocycles. The van der Waals surface area contributed by atoms with E-state index in [4.69, 9.17) is 23.8 Å². The molecule has 0 spiro atoms. The number of hydrogen-bond acceptors (Lipinski definition) is 2. The molecule has 0 bridgehead atoms. The minimum atomic E-state index is -0.463. The molecule has 0 saturated carbocycles. The summed E-state index contributed by atoms with van der Waals surface area (Å²) >= 11 is 11.4. The molecule has 1 aromatic carbocycles. The molecule has 0 aromatic heterocycles. The smallest absolute Gasteiger partial charge is 0.171 e. The molecular formula is C13H19ClN2OS. The molecule has 0 aliphatic rings. The van der Waals surface area contributed by atoms with Gasteiger partial charge in [0.05, 0.1) is 22.9 Å². The third-order valence-electron chi connectivity index (χ3n) is 2.52. The van der Waals surface area contributed by atoms with Crippen molar-refractivity contribution in [3.8, 4) is 0 Å². The maximum Gasteiger partial charge on any atom is 0.171 e. The number of aliphatic hydroxyl groups excluding tert-OH is 1. The fourth-order valence-electron chi connectivity index (χ4n) is 1.57. The number of benzene rings is 1. The summed E-state index contributed by atoms with van der Waals surface area (Å²) in [4.78, 5) is 0. The first kappa shape index (κ1) is 15.2. The van der Waals surface area contributed by atoms with E-state index in [1.165, 1.54) is 0 Å². The van der Waals surface area contributed by atoms with Gasteiger partial charge in [-0.25, -0.2) is 0 Å². The molecule has 18 heavy (non-hydrogen) atoms. The Labute approximate surface area is 119 Å². The number of thiocarbonyl (C=S) groups is 1. The highest BCUT2D eigenvalue weighted by Crippen LogP contribution is 2.27. The van der Waals surface area contributed by atoms with Crippen LogP contribution in [-0.2, 0) is 0 Å². The van der Waals surface area contributed by atoms with E-state index in [0.29, 0.717) is 10.1 Å². The third-order valence-corrected chi connectivity index (χ3v) is 3.02. The fourth-order valence-corrected chi connectivity index (χ4v) is 2.31. The van der Waals surface area contributed by atoms with Gasteiger partial charge in [-0.1, -0.05) is 17.7 Å². The van der Waals surface area contributed by atoms with Crippen LogP contribution in [0.4, 0.5) is 5.69 Å². The monoisotopic (exact) mass is 286 g/mol. The number of aryl methyl sites for hydroxylation is 2. The van der Waals surface area contributed by atoms with Crippen LogP contribution in [0.25, 0.3) is 0 Å². The predicted octanol–water partition coefficient (Wildman–Crippen LogP) is 3.01. The van der Waals surface area contributed by atoms with Gasteiger partial charge in [-0.05, 0) is 57.1 Å². The van der Waals surface area contributed by atoms with Gasteiger partial charge >= 0.3 is 0 Å². The number of aliphatic hydroxyl groups is 1. The summed E-state index contributed by atoms with van der Waals surface area (Å²) in [6.07, 6.45) is 0. The highest BCUT2D eigenvalue weighted by molar-refractivity contribution is 7.80. The van der Waals surface area contributed by atoms with E-state index in [0.717, 1.165) is 16.8 Å². The van der Waals surface area contributed by atoms with Crippen LogP contribution in [0.5, 0.6) is 0 Å². The highest BCUT2D eigenvalue weighted by atomic mass is 35.5. The molecule has 0 aliphatic carbocycles. The van der Waals surface area contributed by atoms with Crippen molar-refractivity contribution in [3.63, 3.8) is 0 Å². The molecule has 1 rings (SSSR count). The molecule has 0 radical (unpaired) electrons. The van der Waals surface area contributed by atoms with Crippen molar-refractivity contribution in [3.05, 3.63) is 28.3 Å². The minimum Gasteiger partial charge on any atom is -0.394 e. The molecule has 0 heterocycles. The summed E-state index contributed by atoms with van der Waals surface area (Å²) in [5, 5.41) is 16.4. The van der Waals surface area contributed by atoms with Gasteiger partial charge in [0.15, 0.2) is 5.11 Å². The molecule has 1 aromatic rings. The lowest BCUT2D eigenvalue weighted by Gasteiger charge is -2.26. The van der Waals surface area contributed by atoms with Gasteiger partial charge in [0.1, 0.15) is 0 Å². The summed E-state index contributed by atoms with van der Waals surface area (Å²) in [6.45, 7) is 7.69. The van der Waals surface area contributed by atoms with Gasteiger partial charge < -0.3 is 15.7 Å². The number of rotatable bonds is 3. The topological polar surface area (TPSA) is 44.3 Å². The average Bonchev–Trinajstić information content (AvgIpc) is 2.22. The Balaban J connectivity index is 2.83. The minimum absolute atomic E-state index is 0.00453. The molecular weight excluding hydrogens is 268 g/mol. The quantitative estimate of drug-likeness (QED) is 0.748. The summed E-state index contributed by atoms with van der Waals surface area (Å²) in [6, 6.07) is 3.92. The SMILES string of the molecule is Cc1cc(C)c(NC(=S)NC(C)(C)CO)c(Cl)c1. The van der Waals surface area contributed by atoms with E-state index >= 15 is 0 Å². The number of anilines is 1. The highest BCUT2D eigenvalue weighted by Gasteiger charge is 2.17. The van der Waals surface area contributed by atoms with Crippen LogP contribution < -0.4 is 10.6 Å². The summed E-state index contributed by atoms with van der Waals surface area (Å²) in [7, 11) is 0. The van der Waals surface area contributed by atoms with Crippen molar-refractivity contribution < 1.29 is 5.11 Å². The van der Waals surface area contributed by atoms with Crippen molar-refractivity contribution in [2.45, 2.75) is 33.2 Å². The standard InChI is InChI=1S/C13H19ClN2OS/c1-8-5-9(2)11(10(14)6-8)15-12(18)16-13(3,4)7-17/h5-6,17H,7H2,1-4H3,(H2,15,16,18). The van der Waals surface area contributed by atoms with Gasteiger partial charge in [-0.2, -0.15) is 0 Å². The van der Waals surface area contributed by atoms with E-state index in [9.17, 15) is 5.11 Å². The average molecular weight is 287 g/mol.